The van der Waals surface area contributed by atoms with E-state index in [9.17, 15) is 19.5 Å². The highest BCUT2D eigenvalue weighted by molar-refractivity contribution is 5.71. The maximum Gasteiger partial charge on any atom is 0.361 e. The van der Waals surface area contributed by atoms with E-state index in [1.807, 2.05) is 21.1 Å². The van der Waals surface area contributed by atoms with E-state index in [0.29, 0.717) is 23.9 Å². The molecule has 0 radical (unpaired) electrons. The van der Waals surface area contributed by atoms with Crippen molar-refractivity contribution in [2.45, 2.75) is 270 Å². The molecule has 0 bridgehead atoms. The van der Waals surface area contributed by atoms with Crippen molar-refractivity contribution < 1.29 is 42.9 Å². The Balaban J connectivity index is 4.17. The third kappa shape index (κ3) is 73.4. The molecule has 0 fully saturated rings. The standard InChI is InChI=1S/C84H133NO8/c1-6-8-10-12-14-16-18-20-22-24-26-28-30-32-34-35-36-37-38-39-40-41-42-43-44-45-46-47-49-51-53-55-57-59-61-63-65-67-69-71-73-75-82(87)93-80(79-92-84(83(88)89)90-77-76-85(3,4)5)78-91-81(86)74-72-70-68-66-64-62-60-58-56-54-52-50-48-33-31-29-27-25-23-21-19-17-15-13-11-9-7-2/h8-11,14-17,20-23,26-29,32-34,36-37,39-40,42-43,48,52,54,58,60,64,66,80,84H,6-7,12-13,18-19,24-25,30-31,35,38,41,44-47,49-51,53,55-57,59,61-63,65,67-79H2,1-5H3/p+1/b10-8-,11-9-,16-14-,17-15-,22-20-,23-21-,28-26-,29-27-,34-32-,37-36-,40-39-,43-42-,48-33-,54-52-,60-58-,66-64-. The summed E-state index contributed by atoms with van der Waals surface area (Å²) in [5.41, 5.74) is 0. The number of rotatable bonds is 65. The molecule has 93 heavy (non-hydrogen) atoms. The smallest absolute Gasteiger partial charge is 0.361 e. The Kier molecular flexibility index (Phi) is 67.4. The van der Waals surface area contributed by atoms with E-state index in [1.165, 1.54) is 83.5 Å². The lowest BCUT2D eigenvalue weighted by Gasteiger charge is -2.25. The summed E-state index contributed by atoms with van der Waals surface area (Å²) in [6.45, 7) is 4.58. The van der Waals surface area contributed by atoms with E-state index < -0.39 is 30.3 Å². The van der Waals surface area contributed by atoms with E-state index in [0.717, 1.165) is 135 Å². The van der Waals surface area contributed by atoms with E-state index in [-0.39, 0.29) is 32.7 Å². The second-order valence-electron chi connectivity index (χ2n) is 24.8. The summed E-state index contributed by atoms with van der Waals surface area (Å²) < 4.78 is 22.9. The SMILES string of the molecule is CC/C=C\C/C=C\C/C=C\C/C=C\C/C=C\C/C=C\C/C=C\C/C=C\CCCCCCCCCCCCCCCCCCC(=O)OC(COC(=O)CCCC/C=C\C/C=C\C/C=C\C/C=C\C/C=C\C/C=C\C/C=C\C/C=C\CC)COC(OCC[N+](C)(C)C)C(=O)O. The van der Waals surface area contributed by atoms with Gasteiger partial charge in [0.15, 0.2) is 6.10 Å². The van der Waals surface area contributed by atoms with Gasteiger partial charge in [-0.15, -0.1) is 0 Å². The van der Waals surface area contributed by atoms with Crippen molar-refractivity contribution in [3.8, 4) is 0 Å². The first-order chi connectivity index (χ1) is 45.6. The summed E-state index contributed by atoms with van der Waals surface area (Å²) in [5, 5.41) is 9.75. The molecule has 2 unspecified atom stereocenters. The minimum atomic E-state index is -1.53. The molecule has 0 aliphatic rings. The first-order valence-electron chi connectivity index (χ1n) is 36.6. The second kappa shape index (κ2) is 72.0. The highest BCUT2D eigenvalue weighted by atomic mass is 16.7. The Hall–Kier alpha value is -5.87. The van der Waals surface area contributed by atoms with E-state index in [1.54, 1.807) is 0 Å². The Labute approximate surface area is 570 Å². The van der Waals surface area contributed by atoms with Crippen LogP contribution in [0.3, 0.4) is 0 Å². The van der Waals surface area contributed by atoms with Gasteiger partial charge in [-0.05, 0) is 141 Å². The molecule has 0 aliphatic heterocycles. The third-order valence-corrected chi connectivity index (χ3v) is 14.8. The van der Waals surface area contributed by atoms with E-state index in [4.69, 9.17) is 18.9 Å². The molecule has 9 nitrogen and oxygen atoms in total. The molecule has 0 rings (SSSR count). The maximum atomic E-state index is 13.0. The van der Waals surface area contributed by atoms with Gasteiger partial charge in [0.25, 0.3) is 6.29 Å². The lowest BCUT2D eigenvalue weighted by Crippen LogP contribution is -2.40. The van der Waals surface area contributed by atoms with Crippen molar-refractivity contribution in [3.63, 3.8) is 0 Å². The summed E-state index contributed by atoms with van der Waals surface area (Å²) in [6, 6.07) is 0. The summed E-state index contributed by atoms with van der Waals surface area (Å²) in [6.07, 6.45) is 108. The normalized spacial score (nSPS) is 13.9. The molecule has 9 heteroatoms. The number of carbonyl (C=O) groups is 3. The van der Waals surface area contributed by atoms with Crippen molar-refractivity contribution in [2.24, 2.45) is 0 Å². The van der Waals surface area contributed by atoms with Crippen LogP contribution in [0.25, 0.3) is 0 Å². The number of ether oxygens (including phenoxy) is 4. The second-order valence-corrected chi connectivity index (χ2v) is 24.8. The number of carboxylic acid groups (broad SMARTS) is 1. The molecule has 0 aromatic rings. The minimum Gasteiger partial charge on any atom is -0.477 e. The van der Waals surface area contributed by atoms with Crippen molar-refractivity contribution in [1.82, 2.24) is 0 Å². The van der Waals surface area contributed by atoms with E-state index >= 15 is 0 Å². The van der Waals surface area contributed by atoms with Crippen LogP contribution in [0, 0.1) is 0 Å². The van der Waals surface area contributed by atoms with Gasteiger partial charge in [0.1, 0.15) is 13.2 Å². The average molecular weight is 1290 g/mol. The van der Waals surface area contributed by atoms with Gasteiger partial charge in [0.05, 0.1) is 34.4 Å². The molecule has 0 amide bonds. The Morgan fingerprint density at radius 1 is 0.323 bits per heavy atom. The van der Waals surface area contributed by atoms with Gasteiger partial charge in [-0.3, -0.25) is 9.59 Å². The number of carboxylic acids is 1. The van der Waals surface area contributed by atoms with Crippen molar-refractivity contribution in [1.29, 1.82) is 0 Å². The van der Waals surface area contributed by atoms with Crippen molar-refractivity contribution in [2.75, 3.05) is 47.5 Å². The number of esters is 2. The average Bonchev–Trinajstić information content (AvgIpc) is 3.38. The predicted molar refractivity (Wildman–Crippen MR) is 400 cm³/mol. The van der Waals surface area contributed by atoms with Crippen LogP contribution < -0.4 is 0 Å². The van der Waals surface area contributed by atoms with Crippen LogP contribution in [-0.4, -0.2) is 87.4 Å². The topological polar surface area (TPSA) is 108 Å². The first kappa shape index (κ1) is 87.1. The van der Waals surface area contributed by atoms with Crippen LogP contribution >= 0.6 is 0 Å². The number of carbonyl (C=O) groups excluding carboxylic acids is 2. The molecule has 0 saturated carbocycles. The van der Waals surface area contributed by atoms with Crippen LogP contribution in [0.2, 0.25) is 0 Å². The van der Waals surface area contributed by atoms with Gasteiger partial charge in [0, 0.05) is 12.8 Å². The monoisotopic (exact) mass is 1290 g/mol. The van der Waals surface area contributed by atoms with Gasteiger partial charge < -0.3 is 28.5 Å². The lowest BCUT2D eigenvalue weighted by molar-refractivity contribution is -0.870. The summed E-state index contributed by atoms with van der Waals surface area (Å²) in [7, 11) is 5.95. The van der Waals surface area contributed by atoms with Gasteiger partial charge in [0.2, 0.25) is 0 Å². The largest absolute Gasteiger partial charge is 0.477 e. The van der Waals surface area contributed by atoms with Crippen LogP contribution in [-0.2, 0) is 33.3 Å². The van der Waals surface area contributed by atoms with Gasteiger partial charge in [-0.1, -0.05) is 298 Å². The fraction of sp³-hybridized carbons (Fsp3) is 0.583. The molecular weight excluding hydrogens is 1150 g/mol. The van der Waals surface area contributed by atoms with Gasteiger partial charge in [-0.2, -0.15) is 0 Å². The van der Waals surface area contributed by atoms with Crippen molar-refractivity contribution >= 4 is 17.9 Å². The van der Waals surface area contributed by atoms with Crippen LogP contribution in [0.5, 0.6) is 0 Å². The Morgan fingerprint density at radius 2 is 0.581 bits per heavy atom. The Morgan fingerprint density at radius 3 is 0.882 bits per heavy atom. The molecule has 2 atom stereocenters. The minimum absolute atomic E-state index is 0.171. The zero-order chi connectivity index (χ0) is 67.5. The number of unbranched alkanes of at least 4 members (excludes halogenated alkanes) is 18. The molecule has 0 saturated heterocycles. The lowest BCUT2D eigenvalue weighted by atomic mass is 10.0. The van der Waals surface area contributed by atoms with Gasteiger partial charge in [-0.25, -0.2) is 4.79 Å². The maximum absolute atomic E-state index is 13.0. The quantitative estimate of drug-likeness (QED) is 0.0211. The third-order valence-electron chi connectivity index (χ3n) is 14.8. The molecular formula is C84H134NO8+. The van der Waals surface area contributed by atoms with Crippen LogP contribution in [0.1, 0.15) is 258 Å². The predicted octanol–water partition coefficient (Wildman–Crippen LogP) is 23.4. The highest BCUT2D eigenvalue weighted by Crippen LogP contribution is 2.16. The number of likely N-dealkylation sites (N-methyl/N-ethyl adjacent to an activating group) is 1. The van der Waals surface area contributed by atoms with Gasteiger partial charge >= 0.3 is 17.9 Å². The highest BCUT2D eigenvalue weighted by Gasteiger charge is 2.25. The fourth-order valence-electron chi connectivity index (χ4n) is 9.34. The number of allylic oxidation sites excluding steroid dienone is 32. The summed E-state index contributed by atoms with van der Waals surface area (Å²) >= 11 is 0. The molecule has 0 aromatic heterocycles. The summed E-state index contributed by atoms with van der Waals surface area (Å²) in [5.74, 6) is -2.08. The molecule has 0 aliphatic carbocycles. The van der Waals surface area contributed by atoms with E-state index in [2.05, 4.69) is 208 Å². The molecule has 0 aromatic carbocycles. The zero-order valence-electron chi connectivity index (χ0n) is 59.6. The molecule has 0 heterocycles. The first-order valence-corrected chi connectivity index (χ1v) is 36.6. The van der Waals surface area contributed by atoms with Crippen molar-refractivity contribution in [3.05, 3.63) is 194 Å². The number of aliphatic carboxylic acids is 1. The zero-order valence-corrected chi connectivity index (χ0v) is 59.6. The Bertz CT molecular complexity index is 2230. The molecule has 0 spiro atoms. The number of quaternary nitrogens is 1. The van der Waals surface area contributed by atoms with Crippen LogP contribution in [0.4, 0.5) is 0 Å². The number of hydrogen-bond donors (Lipinski definition) is 1. The molecule has 522 valence electrons. The van der Waals surface area contributed by atoms with Crippen LogP contribution in [0.15, 0.2) is 194 Å². The molecule has 1 N–H and O–H groups in total. The summed E-state index contributed by atoms with van der Waals surface area (Å²) in [4.78, 5) is 37.6. The number of nitrogens with zero attached hydrogens (tertiary/aromatic N) is 1. The number of hydrogen-bond acceptors (Lipinski definition) is 7. The fourth-order valence-corrected chi connectivity index (χ4v) is 9.34.